The van der Waals surface area contributed by atoms with Gasteiger partial charge in [0.25, 0.3) is 5.91 Å². The second-order valence-corrected chi connectivity index (χ2v) is 8.43. The van der Waals surface area contributed by atoms with Crippen LogP contribution in [0.4, 0.5) is 5.88 Å². The lowest BCUT2D eigenvalue weighted by Gasteiger charge is -2.34. The summed E-state index contributed by atoms with van der Waals surface area (Å²) in [6.07, 6.45) is 5.69. The molecule has 1 aromatic heterocycles. The molecule has 0 aliphatic carbocycles. The van der Waals surface area contributed by atoms with Crippen LogP contribution in [-0.4, -0.2) is 55.7 Å². The van der Waals surface area contributed by atoms with Gasteiger partial charge in [-0.05, 0) is 54.5 Å². The molecule has 2 aromatic carbocycles. The summed E-state index contributed by atoms with van der Waals surface area (Å²) in [7, 11) is 1.63. The first kappa shape index (κ1) is 24.9. The van der Waals surface area contributed by atoms with Crippen LogP contribution in [0.15, 0.2) is 52.9 Å². The molecular formula is C28H30N4O4. The third-order valence-electron chi connectivity index (χ3n) is 5.99. The van der Waals surface area contributed by atoms with Crippen LogP contribution in [0.1, 0.15) is 47.3 Å². The number of amides is 1. The molecule has 0 spiro atoms. The van der Waals surface area contributed by atoms with Gasteiger partial charge in [-0.1, -0.05) is 25.5 Å². The van der Waals surface area contributed by atoms with Crippen LogP contribution in [0.25, 0.3) is 12.2 Å². The van der Waals surface area contributed by atoms with Crippen molar-refractivity contribution in [2.24, 2.45) is 0 Å². The second-order valence-electron chi connectivity index (χ2n) is 8.43. The Morgan fingerprint density at radius 2 is 1.75 bits per heavy atom. The minimum Gasteiger partial charge on any atom is -0.497 e. The molecule has 0 N–H and O–H groups in total. The van der Waals surface area contributed by atoms with Crippen molar-refractivity contribution >= 4 is 23.9 Å². The molecular weight excluding hydrogens is 456 g/mol. The zero-order valence-electron chi connectivity index (χ0n) is 20.6. The number of benzene rings is 2. The Morgan fingerprint density at radius 3 is 2.39 bits per heavy atom. The Morgan fingerprint density at radius 1 is 1.06 bits per heavy atom. The van der Waals surface area contributed by atoms with Crippen molar-refractivity contribution in [1.29, 1.82) is 5.26 Å². The first-order valence-electron chi connectivity index (χ1n) is 12.1. The monoisotopic (exact) mass is 486 g/mol. The predicted molar refractivity (Wildman–Crippen MR) is 138 cm³/mol. The van der Waals surface area contributed by atoms with Gasteiger partial charge in [0.05, 0.1) is 13.7 Å². The van der Waals surface area contributed by atoms with Gasteiger partial charge in [-0.2, -0.15) is 10.2 Å². The van der Waals surface area contributed by atoms with E-state index >= 15 is 0 Å². The molecule has 0 unspecified atom stereocenters. The summed E-state index contributed by atoms with van der Waals surface area (Å²) in [5.41, 5.74) is 1.83. The number of oxazole rings is 1. The fourth-order valence-electron chi connectivity index (χ4n) is 3.89. The maximum Gasteiger partial charge on any atom is 0.253 e. The van der Waals surface area contributed by atoms with E-state index in [0.717, 1.165) is 29.9 Å². The Balaban J connectivity index is 1.35. The number of methoxy groups -OCH3 is 1. The average molecular weight is 487 g/mol. The highest BCUT2D eigenvalue weighted by Crippen LogP contribution is 2.25. The van der Waals surface area contributed by atoms with Crippen molar-refractivity contribution in [2.75, 3.05) is 44.8 Å². The number of anilines is 1. The minimum atomic E-state index is -0.0176. The molecule has 1 aliphatic rings. The summed E-state index contributed by atoms with van der Waals surface area (Å²) in [5, 5.41) is 9.57. The van der Waals surface area contributed by atoms with E-state index in [-0.39, 0.29) is 11.6 Å². The summed E-state index contributed by atoms with van der Waals surface area (Å²) < 4.78 is 16.8. The molecule has 0 saturated carbocycles. The van der Waals surface area contributed by atoms with E-state index in [4.69, 9.17) is 13.9 Å². The number of unbranched alkanes of at least 4 members (excludes halogenated alkanes) is 1. The van der Waals surface area contributed by atoms with Crippen LogP contribution in [0.2, 0.25) is 0 Å². The molecule has 4 rings (SSSR count). The third-order valence-corrected chi connectivity index (χ3v) is 5.99. The Kier molecular flexibility index (Phi) is 8.24. The van der Waals surface area contributed by atoms with Gasteiger partial charge in [0.15, 0.2) is 0 Å². The molecule has 36 heavy (non-hydrogen) atoms. The van der Waals surface area contributed by atoms with Crippen LogP contribution >= 0.6 is 0 Å². The largest absolute Gasteiger partial charge is 0.497 e. The van der Waals surface area contributed by atoms with Gasteiger partial charge in [-0.15, -0.1) is 0 Å². The topological polar surface area (TPSA) is 91.8 Å². The van der Waals surface area contributed by atoms with E-state index in [1.54, 1.807) is 13.2 Å². The van der Waals surface area contributed by atoms with E-state index < -0.39 is 0 Å². The molecule has 1 aliphatic heterocycles. The summed E-state index contributed by atoms with van der Waals surface area (Å²) in [5.74, 6) is 2.33. The highest BCUT2D eigenvalue weighted by Gasteiger charge is 2.26. The maximum atomic E-state index is 13.0. The van der Waals surface area contributed by atoms with Gasteiger partial charge in [-0.25, -0.2) is 0 Å². The van der Waals surface area contributed by atoms with Gasteiger partial charge in [0.2, 0.25) is 17.5 Å². The number of ether oxygens (including phenoxy) is 2. The number of carbonyl (C=O) groups excluding carboxylic acids is 1. The maximum absolute atomic E-state index is 13.0. The number of nitrogens with zero attached hydrogens (tertiary/aromatic N) is 4. The third kappa shape index (κ3) is 6.05. The first-order valence-corrected chi connectivity index (χ1v) is 12.1. The molecule has 3 aromatic rings. The fourth-order valence-corrected chi connectivity index (χ4v) is 3.89. The molecule has 1 fully saturated rings. The van der Waals surface area contributed by atoms with Crippen LogP contribution in [0.5, 0.6) is 11.5 Å². The number of carbonyl (C=O) groups is 1. The van der Waals surface area contributed by atoms with Crippen LogP contribution in [-0.2, 0) is 0 Å². The standard InChI is InChI=1S/C28H30N4O4/c1-3-4-19-35-24-12-8-22(9-13-24)27(33)31-15-17-32(18-16-31)28-25(20-29)30-26(36-28)14-7-21-5-10-23(34-2)11-6-21/h5-14H,3-4,15-19H2,1-2H3/b14-7+. The lowest BCUT2D eigenvalue weighted by molar-refractivity contribution is 0.0745. The minimum absolute atomic E-state index is 0.0176. The van der Waals surface area contributed by atoms with Crippen LogP contribution in [0.3, 0.4) is 0 Å². The van der Waals surface area contributed by atoms with Crippen molar-refractivity contribution in [2.45, 2.75) is 19.8 Å². The van der Waals surface area contributed by atoms with Crippen molar-refractivity contribution in [3.05, 3.63) is 71.2 Å². The zero-order valence-corrected chi connectivity index (χ0v) is 20.6. The van der Waals surface area contributed by atoms with Gasteiger partial charge in [-0.3, -0.25) is 4.79 Å². The highest BCUT2D eigenvalue weighted by molar-refractivity contribution is 5.94. The van der Waals surface area contributed by atoms with Crippen molar-refractivity contribution in [3.63, 3.8) is 0 Å². The second kappa shape index (κ2) is 11.9. The number of piperazine rings is 1. The molecule has 186 valence electrons. The van der Waals surface area contributed by atoms with Gasteiger partial charge >= 0.3 is 0 Å². The van der Waals surface area contributed by atoms with Crippen LogP contribution in [0, 0.1) is 11.3 Å². The number of aromatic nitrogens is 1. The van der Waals surface area contributed by atoms with Crippen LogP contribution < -0.4 is 14.4 Å². The lowest BCUT2D eigenvalue weighted by atomic mass is 10.1. The molecule has 1 amide bonds. The molecule has 0 bridgehead atoms. The lowest BCUT2D eigenvalue weighted by Crippen LogP contribution is -2.48. The van der Waals surface area contributed by atoms with Gasteiger partial charge < -0.3 is 23.7 Å². The van der Waals surface area contributed by atoms with Crippen molar-refractivity contribution in [3.8, 4) is 17.6 Å². The Bertz CT molecular complexity index is 1220. The predicted octanol–water partition coefficient (Wildman–Crippen LogP) is 4.87. The number of hydrogen-bond acceptors (Lipinski definition) is 7. The number of hydrogen-bond donors (Lipinski definition) is 0. The summed E-state index contributed by atoms with van der Waals surface area (Å²) in [4.78, 5) is 21.1. The van der Waals surface area contributed by atoms with E-state index in [2.05, 4.69) is 18.0 Å². The fraction of sp³-hybridized carbons (Fsp3) is 0.321. The molecule has 8 nitrogen and oxygen atoms in total. The normalized spacial score (nSPS) is 13.6. The van der Waals surface area contributed by atoms with Crippen molar-refractivity contribution < 1.29 is 18.7 Å². The molecule has 8 heteroatoms. The molecule has 0 atom stereocenters. The number of rotatable bonds is 9. The summed E-state index contributed by atoms with van der Waals surface area (Å²) >= 11 is 0. The SMILES string of the molecule is CCCCOc1ccc(C(=O)N2CCN(c3oc(/C=C/c4ccc(OC)cc4)nc3C#N)CC2)cc1. The Labute approximate surface area is 211 Å². The zero-order chi connectivity index (χ0) is 25.3. The van der Waals surface area contributed by atoms with Crippen molar-refractivity contribution in [1.82, 2.24) is 9.88 Å². The number of nitriles is 1. The molecule has 2 heterocycles. The summed E-state index contributed by atoms with van der Waals surface area (Å²) in [6.45, 7) is 4.95. The average Bonchev–Trinajstić information content (AvgIpc) is 3.36. The Hall–Kier alpha value is -4.25. The van der Waals surface area contributed by atoms with E-state index in [1.807, 2.05) is 64.4 Å². The van der Waals surface area contributed by atoms with Gasteiger partial charge in [0, 0.05) is 37.8 Å². The highest BCUT2D eigenvalue weighted by atomic mass is 16.5. The van der Waals surface area contributed by atoms with E-state index in [9.17, 15) is 10.1 Å². The quantitative estimate of drug-likeness (QED) is 0.399. The molecule has 0 radical (unpaired) electrons. The molecule has 1 saturated heterocycles. The van der Waals surface area contributed by atoms with Gasteiger partial charge in [0.1, 0.15) is 17.6 Å². The van der Waals surface area contributed by atoms with E-state index in [1.165, 1.54) is 0 Å². The summed E-state index contributed by atoms with van der Waals surface area (Å²) in [6, 6.07) is 17.0. The first-order chi connectivity index (χ1) is 17.6. The smallest absolute Gasteiger partial charge is 0.253 e. The van der Waals surface area contributed by atoms with E-state index in [0.29, 0.717) is 50.1 Å².